The zero-order chi connectivity index (χ0) is 29.7. The molecule has 3 aromatic rings. The second-order valence-electron chi connectivity index (χ2n) is 11.2. The van der Waals surface area contributed by atoms with Crippen LogP contribution in [-0.4, -0.2) is 32.1 Å². The average Bonchev–Trinajstić information content (AvgIpc) is 2.87. The second-order valence-corrected chi connectivity index (χ2v) is 12.9. The van der Waals surface area contributed by atoms with Crippen LogP contribution >= 0.6 is 0 Å². The summed E-state index contributed by atoms with van der Waals surface area (Å²) in [6.45, 7) is 12.9. The van der Waals surface area contributed by atoms with Gasteiger partial charge in [-0.3, -0.25) is 10.1 Å². The first-order valence-electron chi connectivity index (χ1n) is 13.2. The number of nitrogens with one attached hydrogen (secondary N) is 2. The standard InChI is InChI=1S/C31H38N2O6S/c1-20(2)22-8-14-25(15-9-22)32-30(35)38-26-16-10-23(11-17-26)24-12-18-27(19-13-24)40(36,37)33-28(21(3)4)29(34)39-31(5,6)7/h8-21,28,33H,1-7H3,(H,32,35). The first kappa shape index (κ1) is 30.8. The molecule has 214 valence electrons. The number of benzene rings is 3. The van der Waals surface area contributed by atoms with Gasteiger partial charge in [-0.05, 0) is 85.7 Å². The first-order valence-corrected chi connectivity index (χ1v) is 14.7. The lowest BCUT2D eigenvalue weighted by molar-refractivity contribution is -0.158. The summed E-state index contributed by atoms with van der Waals surface area (Å²) in [6.07, 6.45) is -0.599. The molecule has 0 fully saturated rings. The van der Waals surface area contributed by atoms with Crippen molar-refractivity contribution in [2.75, 3.05) is 5.32 Å². The lowest BCUT2D eigenvalue weighted by Gasteiger charge is -2.26. The van der Waals surface area contributed by atoms with Crippen LogP contribution in [0.3, 0.4) is 0 Å². The van der Waals surface area contributed by atoms with Crippen LogP contribution < -0.4 is 14.8 Å². The second kappa shape index (κ2) is 12.7. The van der Waals surface area contributed by atoms with E-state index in [4.69, 9.17) is 9.47 Å². The van der Waals surface area contributed by atoms with Gasteiger partial charge in [0.15, 0.2) is 0 Å². The molecule has 1 atom stereocenters. The van der Waals surface area contributed by atoms with Crippen LogP contribution in [-0.2, 0) is 19.6 Å². The van der Waals surface area contributed by atoms with Gasteiger partial charge in [-0.25, -0.2) is 13.2 Å². The van der Waals surface area contributed by atoms with Crippen molar-refractivity contribution in [3.8, 4) is 16.9 Å². The van der Waals surface area contributed by atoms with E-state index in [0.717, 1.165) is 11.1 Å². The summed E-state index contributed by atoms with van der Waals surface area (Å²) in [7, 11) is -3.97. The van der Waals surface area contributed by atoms with E-state index >= 15 is 0 Å². The number of anilines is 1. The Hall–Kier alpha value is -3.69. The van der Waals surface area contributed by atoms with Crippen LogP contribution in [0.15, 0.2) is 77.7 Å². The molecule has 40 heavy (non-hydrogen) atoms. The maximum atomic E-state index is 13.0. The molecule has 2 N–H and O–H groups in total. The number of ether oxygens (including phenoxy) is 2. The van der Waals surface area contributed by atoms with Gasteiger partial charge in [-0.15, -0.1) is 0 Å². The number of carbonyl (C=O) groups is 2. The highest BCUT2D eigenvalue weighted by atomic mass is 32.2. The highest BCUT2D eigenvalue weighted by Gasteiger charge is 2.32. The maximum Gasteiger partial charge on any atom is 0.417 e. The molecule has 0 saturated heterocycles. The van der Waals surface area contributed by atoms with E-state index in [0.29, 0.717) is 17.4 Å². The Morgan fingerprint density at radius 1 is 0.775 bits per heavy atom. The van der Waals surface area contributed by atoms with Crippen molar-refractivity contribution in [2.24, 2.45) is 5.92 Å². The predicted molar refractivity (Wildman–Crippen MR) is 157 cm³/mol. The number of carbonyl (C=O) groups excluding carboxylic acids is 2. The summed E-state index contributed by atoms with van der Waals surface area (Å²) < 4.78 is 39.3. The molecular weight excluding hydrogens is 528 g/mol. The smallest absolute Gasteiger partial charge is 0.417 e. The molecule has 0 aliphatic carbocycles. The molecule has 8 nitrogen and oxygen atoms in total. The molecule has 0 aromatic heterocycles. The summed E-state index contributed by atoms with van der Waals surface area (Å²) in [5, 5.41) is 2.71. The van der Waals surface area contributed by atoms with Crippen molar-refractivity contribution < 1.29 is 27.5 Å². The molecule has 1 unspecified atom stereocenters. The molecule has 0 bridgehead atoms. The summed E-state index contributed by atoms with van der Waals surface area (Å²) >= 11 is 0. The third-order valence-corrected chi connectivity index (χ3v) is 7.45. The number of hydrogen-bond donors (Lipinski definition) is 2. The van der Waals surface area contributed by atoms with E-state index < -0.39 is 33.7 Å². The van der Waals surface area contributed by atoms with Crippen molar-refractivity contribution in [1.29, 1.82) is 0 Å². The van der Waals surface area contributed by atoms with E-state index in [1.54, 1.807) is 71.0 Å². The van der Waals surface area contributed by atoms with Crippen LogP contribution in [0.2, 0.25) is 0 Å². The van der Waals surface area contributed by atoms with Crippen molar-refractivity contribution >= 4 is 27.8 Å². The minimum Gasteiger partial charge on any atom is -0.459 e. The van der Waals surface area contributed by atoms with E-state index in [2.05, 4.69) is 23.9 Å². The van der Waals surface area contributed by atoms with E-state index in [9.17, 15) is 18.0 Å². The Morgan fingerprint density at radius 2 is 1.30 bits per heavy atom. The van der Waals surface area contributed by atoms with E-state index in [1.165, 1.54) is 17.7 Å². The average molecular weight is 567 g/mol. The minimum absolute atomic E-state index is 0.0310. The highest BCUT2D eigenvalue weighted by Crippen LogP contribution is 2.25. The molecule has 3 aromatic carbocycles. The molecule has 1 amide bonds. The Morgan fingerprint density at radius 3 is 1.77 bits per heavy atom. The quantitative estimate of drug-likeness (QED) is 0.278. The molecule has 3 rings (SSSR count). The molecule has 0 spiro atoms. The fourth-order valence-corrected chi connectivity index (χ4v) is 5.13. The summed E-state index contributed by atoms with van der Waals surface area (Å²) in [6, 6.07) is 19.8. The van der Waals surface area contributed by atoms with Gasteiger partial charge >= 0.3 is 12.1 Å². The van der Waals surface area contributed by atoms with Crippen LogP contribution in [0, 0.1) is 5.92 Å². The fourth-order valence-electron chi connectivity index (χ4n) is 3.80. The molecule has 0 heterocycles. The molecule has 9 heteroatoms. The number of rotatable bonds is 9. The zero-order valence-electron chi connectivity index (χ0n) is 24.0. The van der Waals surface area contributed by atoms with Gasteiger partial charge in [0.1, 0.15) is 17.4 Å². The molecular formula is C31H38N2O6S. The normalized spacial score (nSPS) is 12.7. The summed E-state index contributed by atoms with van der Waals surface area (Å²) in [5.41, 5.74) is 2.66. The monoisotopic (exact) mass is 566 g/mol. The number of sulfonamides is 1. The van der Waals surface area contributed by atoms with E-state index in [-0.39, 0.29) is 10.8 Å². The molecule has 0 aliphatic rings. The zero-order valence-corrected chi connectivity index (χ0v) is 24.8. The SMILES string of the molecule is CC(C)c1ccc(NC(=O)Oc2ccc(-c3ccc(S(=O)(=O)NC(C(=O)OC(C)(C)C)C(C)C)cc3)cc2)cc1. The topological polar surface area (TPSA) is 111 Å². The van der Waals surface area contributed by atoms with Gasteiger partial charge in [0, 0.05) is 5.69 Å². The van der Waals surface area contributed by atoms with Gasteiger partial charge < -0.3 is 9.47 Å². The van der Waals surface area contributed by atoms with Crippen molar-refractivity contribution in [2.45, 2.75) is 70.9 Å². The molecule has 0 aliphatic heterocycles. The van der Waals surface area contributed by atoms with Gasteiger partial charge in [-0.2, -0.15) is 4.72 Å². The summed E-state index contributed by atoms with van der Waals surface area (Å²) in [4.78, 5) is 24.9. The number of esters is 1. The van der Waals surface area contributed by atoms with E-state index in [1.807, 2.05) is 24.3 Å². The van der Waals surface area contributed by atoms with Crippen molar-refractivity contribution in [3.63, 3.8) is 0 Å². The van der Waals surface area contributed by atoms with Gasteiger partial charge in [-0.1, -0.05) is 64.1 Å². The fraction of sp³-hybridized carbons (Fsp3) is 0.355. The van der Waals surface area contributed by atoms with Gasteiger partial charge in [0.2, 0.25) is 10.0 Å². The minimum atomic E-state index is -3.97. The van der Waals surface area contributed by atoms with Gasteiger partial charge in [0.05, 0.1) is 4.90 Å². The molecule has 0 radical (unpaired) electrons. The Bertz CT molecular complexity index is 1410. The lowest BCUT2D eigenvalue weighted by Crippen LogP contribution is -2.47. The number of amides is 1. The predicted octanol–water partition coefficient (Wildman–Crippen LogP) is 6.73. The van der Waals surface area contributed by atoms with Crippen LogP contribution in [0.1, 0.15) is 59.9 Å². The largest absolute Gasteiger partial charge is 0.459 e. The van der Waals surface area contributed by atoms with Crippen LogP contribution in [0.25, 0.3) is 11.1 Å². The Balaban J connectivity index is 1.64. The van der Waals surface area contributed by atoms with Crippen LogP contribution in [0.5, 0.6) is 5.75 Å². The number of hydrogen-bond acceptors (Lipinski definition) is 6. The third-order valence-electron chi connectivity index (χ3n) is 6.00. The van der Waals surface area contributed by atoms with Crippen LogP contribution in [0.4, 0.5) is 10.5 Å². The third kappa shape index (κ3) is 8.66. The summed E-state index contributed by atoms with van der Waals surface area (Å²) in [5.74, 6) is -0.164. The Labute approximate surface area is 237 Å². The highest BCUT2D eigenvalue weighted by molar-refractivity contribution is 7.89. The Kier molecular flexibility index (Phi) is 9.76. The molecule has 0 saturated carbocycles. The first-order chi connectivity index (χ1) is 18.6. The van der Waals surface area contributed by atoms with Crippen molar-refractivity contribution in [3.05, 3.63) is 78.4 Å². The van der Waals surface area contributed by atoms with Gasteiger partial charge in [0.25, 0.3) is 0 Å². The van der Waals surface area contributed by atoms with Crippen molar-refractivity contribution in [1.82, 2.24) is 4.72 Å². The maximum absolute atomic E-state index is 13.0. The lowest BCUT2D eigenvalue weighted by atomic mass is 10.0.